The maximum Gasteiger partial charge on any atom is 0.209 e. The SMILES string of the molecule is N/C(=N/O)c1cc(F)cc(CSc2nnnn2C2CC2)c1. The molecule has 1 aliphatic rings. The molecule has 1 fully saturated rings. The third-order valence-electron chi connectivity index (χ3n) is 3.08. The number of thioether (sulfide) groups is 1. The van der Waals surface area contributed by atoms with Gasteiger partial charge in [0, 0.05) is 11.3 Å². The van der Waals surface area contributed by atoms with Crippen molar-refractivity contribution < 1.29 is 9.60 Å². The molecule has 3 N–H and O–H groups in total. The zero-order valence-electron chi connectivity index (χ0n) is 11.0. The zero-order chi connectivity index (χ0) is 14.8. The molecule has 0 amide bonds. The summed E-state index contributed by atoms with van der Waals surface area (Å²) in [4.78, 5) is 0. The van der Waals surface area contributed by atoms with Gasteiger partial charge in [0.05, 0.1) is 6.04 Å². The number of tetrazole rings is 1. The highest BCUT2D eigenvalue weighted by Crippen LogP contribution is 2.36. The van der Waals surface area contributed by atoms with E-state index >= 15 is 0 Å². The fourth-order valence-electron chi connectivity index (χ4n) is 1.92. The molecule has 21 heavy (non-hydrogen) atoms. The summed E-state index contributed by atoms with van der Waals surface area (Å²) < 4.78 is 15.4. The summed E-state index contributed by atoms with van der Waals surface area (Å²) >= 11 is 1.43. The number of hydrogen-bond donors (Lipinski definition) is 2. The van der Waals surface area contributed by atoms with Crippen LogP contribution in [-0.2, 0) is 5.75 Å². The highest BCUT2D eigenvalue weighted by Gasteiger charge is 2.27. The van der Waals surface area contributed by atoms with Crippen LogP contribution in [0.1, 0.15) is 30.0 Å². The van der Waals surface area contributed by atoms with Gasteiger partial charge in [0.25, 0.3) is 0 Å². The molecule has 3 rings (SSSR count). The summed E-state index contributed by atoms with van der Waals surface area (Å²) in [5.41, 5.74) is 6.54. The van der Waals surface area contributed by atoms with E-state index in [0.29, 0.717) is 28.1 Å². The monoisotopic (exact) mass is 308 g/mol. The number of hydrogen-bond acceptors (Lipinski definition) is 6. The largest absolute Gasteiger partial charge is 0.409 e. The summed E-state index contributed by atoms with van der Waals surface area (Å²) in [6, 6.07) is 4.70. The zero-order valence-corrected chi connectivity index (χ0v) is 11.8. The van der Waals surface area contributed by atoms with E-state index in [0.717, 1.165) is 12.8 Å². The summed E-state index contributed by atoms with van der Waals surface area (Å²) in [6.45, 7) is 0. The predicted octanol–water partition coefficient (Wildman–Crippen LogP) is 1.53. The fourth-order valence-corrected chi connectivity index (χ4v) is 2.79. The van der Waals surface area contributed by atoms with Gasteiger partial charge in [-0.15, -0.1) is 5.10 Å². The number of halogens is 1. The molecule has 0 aliphatic heterocycles. The second-order valence-corrected chi connectivity index (χ2v) is 5.70. The Morgan fingerprint density at radius 1 is 1.48 bits per heavy atom. The van der Waals surface area contributed by atoms with Gasteiger partial charge in [-0.05, 0) is 47.0 Å². The van der Waals surface area contributed by atoms with Gasteiger partial charge in [-0.1, -0.05) is 16.9 Å². The van der Waals surface area contributed by atoms with Crippen molar-refractivity contribution in [2.24, 2.45) is 10.9 Å². The Labute approximate surface area is 124 Å². The molecule has 1 aromatic carbocycles. The molecule has 7 nitrogen and oxygen atoms in total. The molecule has 0 atom stereocenters. The first-order chi connectivity index (χ1) is 10.2. The van der Waals surface area contributed by atoms with Crippen molar-refractivity contribution in [2.45, 2.75) is 29.8 Å². The topological polar surface area (TPSA) is 102 Å². The lowest BCUT2D eigenvalue weighted by atomic mass is 10.1. The van der Waals surface area contributed by atoms with Crippen LogP contribution in [0.5, 0.6) is 0 Å². The molecule has 1 aromatic heterocycles. The Morgan fingerprint density at radius 3 is 3.00 bits per heavy atom. The normalized spacial score (nSPS) is 15.4. The first kappa shape index (κ1) is 13.8. The number of nitrogens with zero attached hydrogens (tertiary/aromatic N) is 5. The molecule has 2 aromatic rings. The molecule has 0 bridgehead atoms. The standard InChI is InChI=1S/C12H13FN6OS/c13-9-4-7(3-8(5-9)11(14)16-20)6-21-12-15-17-18-19(12)10-1-2-10/h3-5,10,20H,1-2,6H2,(H2,14,16). The maximum atomic E-state index is 13.6. The Hall–Kier alpha value is -2.16. The molecule has 9 heteroatoms. The van der Waals surface area contributed by atoms with Crippen molar-refractivity contribution in [1.29, 1.82) is 0 Å². The van der Waals surface area contributed by atoms with E-state index in [1.807, 2.05) is 0 Å². The van der Waals surface area contributed by atoms with Gasteiger partial charge >= 0.3 is 0 Å². The van der Waals surface area contributed by atoms with Crippen molar-refractivity contribution in [3.05, 3.63) is 35.1 Å². The number of oxime groups is 1. The third-order valence-corrected chi connectivity index (χ3v) is 4.09. The van der Waals surface area contributed by atoms with Gasteiger partial charge in [-0.25, -0.2) is 9.07 Å². The van der Waals surface area contributed by atoms with E-state index in [1.165, 1.54) is 23.9 Å². The number of nitrogens with two attached hydrogens (primary N) is 1. The van der Waals surface area contributed by atoms with Gasteiger partial charge in [-0.3, -0.25) is 0 Å². The van der Waals surface area contributed by atoms with Crippen molar-refractivity contribution in [3.63, 3.8) is 0 Å². The summed E-state index contributed by atoms with van der Waals surface area (Å²) in [5, 5.41) is 23.9. The van der Waals surface area contributed by atoms with Crippen LogP contribution >= 0.6 is 11.8 Å². The average Bonchev–Trinajstić information content (AvgIpc) is 3.22. The van der Waals surface area contributed by atoms with Crippen LogP contribution in [0, 0.1) is 5.82 Å². The lowest BCUT2D eigenvalue weighted by Crippen LogP contribution is -2.13. The minimum Gasteiger partial charge on any atom is -0.409 e. The summed E-state index contributed by atoms with van der Waals surface area (Å²) in [7, 11) is 0. The molecule has 0 radical (unpaired) electrons. The second kappa shape index (κ2) is 5.68. The molecule has 1 aliphatic carbocycles. The van der Waals surface area contributed by atoms with Crippen LogP contribution in [0.25, 0.3) is 0 Å². The van der Waals surface area contributed by atoms with Crippen molar-refractivity contribution in [3.8, 4) is 0 Å². The highest BCUT2D eigenvalue weighted by atomic mass is 32.2. The molecule has 0 saturated heterocycles. The van der Waals surface area contributed by atoms with Gasteiger partial charge in [-0.2, -0.15) is 0 Å². The van der Waals surface area contributed by atoms with E-state index in [1.54, 1.807) is 10.7 Å². The van der Waals surface area contributed by atoms with Crippen LogP contribution in [0.2, 0.25) is 0 Å². The Morgan fingerprint density at radius 2 is 2.29 bits per heavy atom. The van der Waals surface area contributed by atoms with E-state index in [4.69, 9.17) is 10.9 Å². The molecule has 1 heterocycles. The predicted molar refractivity (Wildman–Crippen MR) is 74.6 cm³/mol. The molecule has 1 saturated carbocycles. The maximum absolute atomic E-state index is 13.6. The Kier molecular flexibility index (Phi) is 3.74. The van der Waals surface area contributed by atoms with E-state index in [-0.39, 0.29) is 5.84 Å². The number of amidine groups is 1. The van der Waals surface area contributed by atoms with Crippen LogP contribution in [-0.4, -0.2) is 31.3 Å². The molecule has 0 unspecified atom stereocenters. The van der Waals surface area contributed by atoms with Crippen molar-refractivity contribution in [1.82, 2.24) is 20.2 Å². The van der Waals surface area contributed by atoms with Gasteiger partial charge < -0.3 is 10.9 Å². The first-order valence-corrected chi connectivity index (χ1v) is 7.34. The number of benzene rings is 1. The molecule has 0 spiro atoms. The van der Waals surface area contributed by atoms with E-state index < -0.39 is 5.82 Å². The van der Waals surface area contributed by atoms with Crippen LogP contribution < -0.4 is 5.73 Å². The lowest BCUT2D eigenvalue weighted by molar-refractivity contribution is 0.318. The van der Waals surface area contributed by atoms with Crippen LogP contribution in [0.4, 0.5) is 4.39 Å². The minimum atomic E-state index is -0.434. The minimum absolute atomic E-state index is 0.122. The molecular weight excluding hydrogens is 295 g/mol. The molecule has 110 valence electrons. The Bertz CT molecular complexity index is 684. The summed E-state index contributed by atoms with van der Waals surface area (Å²) in [5.74, 6) is -0.0589. The van der Waals surface area contributed by atoms with Gasteiger partial charge in [0.15, 0.2) is 5.84 Å². The quantitative estimate of drug-likeness (QED) is 0.285. The fraction of sp³-hybridized carbons (Fsp3) is 0.333. The van der Waals surface area contributed by atoms with Gasteiger partial charge in [0.2, 0.25) is 5.16 Å². The van der Waals surface area contributed by atoms with Crippen molar-refractivity contribution in [2.75, 3.05) is 0 Å². The van der Waals surface area contributed by atoms with E-state index in [9.17, 15) is 4.39 Å². The first-order valence-electron chi connectivity index (χ1n) is 6.35. The third kappa shape index (κ3) is 3.13. The van der Waals surface area contributed by atoms with Crippen molar-refractivity contribution >= 4 is 17.6 Å². The number of aromatic nitrogens is 4. The Balaban J connectivity index is 1.75. The smallest absolute Gasteiger partial charge is 0.209 e. The average molecular weight is 308 g/mol. The lowest BCUT2D eigenvalue weighted by Gasteiger charge is -2.05. The summed E-state index contributed by atoms with van der Waals surface area (Å²) in [6.07, 6.45) is 2.18. The number of rotatable bonds is 5. The van der Waals surface area contributed by atoms with Gasteiger partial charge in [0.1, 0.15) is 5.82 Å². The van der Waals surface area contributed by atoms with Crippen LogP contribution in [0.3, 0.4) is 0 Å². The second-order valence-electron chi connectivity index (χ2n) is 4.76. The highest BCUT2D eigenvalue weighted by molar-refractivity contribution is 7.98. The molecular formula is C12H13FN6OS. The van der Waals surface area contributed by atoms with Crippen LogP contribution in [0.15, 0.2) is 28.5 Å². The van der Waals surface area contributed by atoms with E-state index in [2.05, 4.69) is 20.7 Å².